The van der Waals surface area contributed by atoms with E-state index in [1.165, 1.54) is 12.1 Å². The molecule has 0 N–H and O–H groups in total. The molecule has 0 aromatic heterocycles. The van der Waals surface area contributed by atoms with Crippen LogP contribution in [0.15, 0.2) is 46.9 Å². The van der Waals surface area contributed by atoms with E-state index < -0.39 is 0 Å². The fourth-order valence-corrected chi connectivity index (χ4v) is 3.16. The van der Waals surface area contributed by atoms with Crippen molar-refractivity contribution >= 4 is 31.9 Å². The maximum absolute atomic E-state index is 12.9. The smallest absolute Gasteiger partial charge is 0.133 e. The number of hydrogen-bond donors (Lipinski definition) is 0. The number of alkyl halides is 1. The minimum absolute atomic E-state index is 0.180. The Morgan fingerprint density at radius 2 is 1.86 bits per heavy atom. The zero-order chi connectivity index (χ0) is 15.2. The second kappa shape index (κ2) is 7.95. The molecule has 0 saturated carbocycles. The molecule has 4 heteroatoms. The van der Waals surface area contributed by atoms with Crippen LogP contribution >= 0.6 is 31.9 Å². The first-order valence-electron chi connectivity index (χ1n) is 6.91. The number of benzene rings is 2. The van der Waals surface area contributed by atoms with Gasteiger partial charge < -0.3 is 4.74 Å². The van der Waals surface area contributed by atoms with E-state index in [1.807, 2.05) is 18.2 Å². The van der Waals surface area contributed by atoms with Crippen molar-refractivity contribution in [2.75, 3.05) is 6.61 Å². The molecule has 0 aliphatic heterocycles. The van der Waals surface area contributed by atoms with Crippen molar-refractivity contribution in [1.29, 1.82) is 0 Å². The van der Waals surface area contributed by atoms with E-state index in [0.29, 0.717) is 6.61 Å². The van der Waals surface area contributed by atoms with E-state index in [-0.39, 0.29) is 10.6 Å². The van der Waals surface area contributed by atoms with Crippen LogP contribution in [0.5, 0.6) is 5.75 Å². The van der Waals surface area contributed by atoms with Crippen molar-refractivity contribution in [3.8, 4) is 5.75 Å². The van der Waals surface area contributed by atoms with Gasteiger partial charge in [0.15, 0.2) is 0 Å². The Hall–Kier alpha value is -0.870. The summed E-state index contributed by atoms with van der Waals surface area (Å²) in [6.07, 6.45) is 1.79. The fourth-order valence-electron chi connectivity index (χ4n) is 1.99. The number of hydrogen-bond acceptors (Lipinski definition) is 1. The Balaban J connectivity index is 2.06. The summed E-state index contributed by atoms with van der Waals surface area (Å²) in [6.45, 7) is 2.80. The van der Waals surface area contributed by atoms with Crippen LogP contribution in [0.3, 0.4) is 0 Å². The first-order valence-corrected chi connectivity index (χ1v) is 8.61. The van der Waals surface area contributed by atoms with E-state index in [4.69, 9.17) is 4.74 Å². The molecule has 0 bridgehead atoms. The van der Waals surface area contributed by atoms with Crippen molar-refractivity contribution in [2.45, 2.75) is 24.6 Å². The molecule has 1 nitrogen and oxygen atoms in total. The normalized spacial score (nSPS) is 12.2. The molecular weight excluding hydrogens is 399 g/mol. The summed E-state index contributed by atoms with van der Waals surface area (Å²) in [5.41, 5.74) is 2.26. The highest BCUT2D eigenvalue weighted by Crippen LogP contribution is 2.33. The summed E-state index contributed by atoms with van der Waals surface area (Å²) < 4.78 is 19.5. The van der Waals surface area contributed by atoms with Gasteiger partial charge in [0.05, 0.1) is 11.1 Å². The summed E-state index contributed by atoms with van der Waals surface area (Å²) in [6, 6.07) is 12.7. The highest BCUT2D eigenvalue weighted by molar-refractivity contribution is 9.10. The zero-order valence-electron chi connectivity index (χ0n) is 11.8. The molecule has 0 fully saturated rings. The standard InChI is InChI=1S/C17H17Br2FO/c1-2-9-21-17-8-5-13(11-16(17)19)15(18)10-12-3-6-14(20)7-4-12/h3-8,11,15H,2,9-10H2,1H3. The lowest BCUT2D eigenvalue weighted by Gasteiger charge is -2.13. The van der Waals surface area contributed by atoms with Crippen LogP contribution in [-0.2, 0) is 6.42 Å². The lowest BCUT2D eigenvalue weighted by atomic mass is 10.0. The molecule has 0 heterocycles. The van der Waals surface area contributed by atoms with Gasteiger partial charge in [-0.25, -0.2) is 4.39 Å². The maximum atomic E-state index is 12.9. The molecule has 0 aliphatic carbocycles. The highest BCUT2D eigenvalue weighted by atomic mass is 79.9. The SMILES string of the molecule is CCCOc1ccc(C(Br)Cc2ccc(F)cc2)cc1Br. The summed E-state index contributed by atoms with van der Waals surface area (Å²) in [7, 11) is 0. The molecule has 2 rings (SSSR count). The third-order valence-corrected chi connectivity index (χ3v) is 4.58. The molecule has 112 valence electrons. The molecule has 0 spiro atoms. The Kier molecular flexibility index (Phi) is 6.24. The van der Waals surface area contributed by atoms with Crippen molar-refractivity contribution in [3.05, 3.63) is 63.9 Å². The Morgan fingerprint density at radius 1 is 1.14 bits per heavy atom. The van der Waals surface area contributed by atoms with Gasteiger partial charge in [0.2, 0.25) is 0 Å². The van der Waals surface area contributed by atoms with Crippen molar-refractivity contribution < 1.29 is 9.13 Å². The number of ether oxygens (including phenoxy) is 1. The summed E-state index contributed by atoms with van der Waals surface area (Å²) in [5.74, 6) is 0.659. The quantitative estimate of drug-likeness (QED) is 0.521. The molecule has 1 unspecified atom stereocenters. The van der Waals surface area contributed by atoms with Crippen LogP contribution in [-0.4, -0.2) is 6.61 Å². The van der Waals surface area contributed by atoms with Gasteiger partial charge in [0.1, 0.15) is 11.6 Å². The molecule has 0 amide bonds. The molecule has 0 saturated heterocycles. The molecule has 21 heavy (non-hydrogen) atoms. The molecule has 2 aromatic carbocycles. The van der Waals surface area contributed by atoms with Crippen molar-refractivity contribution in [3.63, 3.8) is 0 Å². The Labute approximate surface area is 141 Å². The third-order valence-electron chi connectivity index (χ3n) is 3.11. The summed E-state index contributed by atoms with van der Waals surface area (Å²) >= 11 is 7.24. The van der Waals surface area contributed by atoms with Crippen LogP contribution in [0.1, 0.15) is 29.3 Å². The number of rotatable bonds is 6. The van der Waals surface area contributed by atoms with Gasteiger partial charge in [0.25, 0.3) is 0 Å². The van der Waals surface area contributed by atoms with E-state index in [2.05, 4.69) is 50.9 Å². The first kappa shape index (κ1) is 16.5. The average molecular weight is 416 g/mol. The van der Waals surface area contributed by atoms with Gasteiger partial charge >= 0.3 is 0 Å². The number of halogens is 3. The lowest BCUT2D eigenvalue weighted by Crippen LogP contribution is -1.99. The second-order valence-electron chi connectivity index (χ2n) is 4.84. The van der Waals surface area contributed by atoms with E-state index in [1.54, 1.807) is 0 Å². The van der Waals surface area contributed by atoms with Crippen LogP contribution in [0, 0.1) is 5.82 Å². The minimum atomic E-state index is -0.204. The lowest BCUT2D eigenvalue weighted by molar-refractivity contribution is 0.315. The summed E-state index contributed by atoms with van der Waals surface area (Å²) in [4.78, 5) is 0.180. The Bertz CT molecular complexity index is 584. The van der Waals surface area contributed by atoms with Gasteiger partial charge in [-0.3, -0.25) is 0 Å². The van der Waals surface area contributed by atoms with Crippen molar-refractivity contribution in [2.24, 2.45) is 0 Å². The van der Waals surface area contributed by atoms with Crippen LogP contribution in [0.4, 0.5) is 4.39 Å². The van der Waals surface area contributed by atoms with Crippen LogP contribution in [0.2, 0.25) is 0 Å². The van der Waals surface area contributed by atoms with E-state index >= 15 is 0 Å². The summed E-state index contributed by atoms with van der Waals surface area (Å²) in [5, 5.41) is 0. The molecular formula is C17H17Br2FO. The molecule has 1 atom stereocenters. The predicted molar refractivity (Wildman–Crippen MR) is 91.7 cm³/mol. The highest BCUT2D eigenvalue weighted by Gasteiger charge is 2.11. The van der Waals surface area contributed by atoms with Crippen LogP contribution in [0.25, 0.3) is 0 Å². The minimum Gasteiger partial charge on any atom is -0.492 e. The zero-order valence-corrected chi connectivity index (χ0v) is 15.0. The van der Waals surface area contributed by atoms with E-state index in [0.717, 1.165) is 34.2 Å². The van der Waals surface area contributed by atoms with Gasteiger partial charge in [-0.2, -0.15) is 0 Å². The van der Waals surface area contributed by atoms with Gasteiger partial charge in [-0.15, -0.1) is 0 Å². The molecule has 0 aliphatic rings. The topological polar surface area (TPSA) is 9.23 Å². The van der Waals surface area contributed by atoms with Gasteiger partial charge in [-0.05, 0) is 64.2 Å². The third kappa shape index (κ3) is 4.82. The second-order valence-corrected chi connectivity index (χ2v) is 6.80. The first-order chi connectivity index (χ1) is 10.1. The monoisotopic (exact) mass is 414 g/mol. The van der Waals surface area contributed by atoms with Crippen LogP contribution < -0.4 is 4.74 Å². The molecule has 0 radical (unpaired) electrons. The van der Waals surface area contributed by atoms with Gasteiger partial charge in [-0.1, -0.05) is 41.1 Å². The average Bonchev–Trinajstić information content (AvgIpc) is 2.48. The van der Waals surface area contributed by atoms with E-state index in [9.17, 15) is 4.39 Å². The van der Waals surface area contributed by atoms with Gasteiger partial charge in [0, 0.05) is 4.83 Å². The Morgan fingerprint density at radius 3 is 2.48 bits per heavy atom. The predicted octanol–water partition coefficient (Wildman–Crippen LogP) is 6.06. The molecule has 2 aromatic rings. The fraction of sp³-hybridized carbons (Fsp3) is 0.294. The van der Waals surface area contributed by atoms with Crippen molar-refractivity contribution in [1.82, 2.24) is 0 Å². The maximum Gasteiger partial charge on any atom is 0.133 e. The largest absolute Gasteiger partial charge is 0.492 e.